The average Bonchev–Trinajstić information content (AvgIpc) is 3.18. The Balaban J connectivity index is 1.57. The average molecular weight is 377 g/mol. The number of hydrogen-bond donors (Lipinski definition) is 0. The molecule has 2 fully saturated rings. The van der Waals surface area contributed by atoms with Crippen molar-refractivity contribution in [3.63, 3.8) is 0 Å². The molecule has 2 aliphatic heterocycles. The molecule has 0 unspecified atom stereocenters. The minimum absolute atomic E-state index is 0.0537. The highest BCUT2D eigenvalue weighted by atomic mass is 32.1. The van der Waals surface area contributed by atoms with Crippen LogP contribution in [-0.2, 0) is 4.74 Å². The predicted molar refractivity (Wildman–Crippen MR) is 96.2 cm³/mol. The summed E-state index contributed by atoms with van der Waals surface area (Å²) >= 11 is 2.93. The molecular formula is C17H19N3O3S2. The fourth-order valence-electron chi connectivity index (χ4n) is 3.43. The van der Waals surface area contributed by atoms with Crippen molar-refractivity contribution >= 4 is 34.5 Å². The fraction of sp³-hybridized carbons (Fsp3) is 0.471. The topological polar surface area (TPSA) is 62.7 Å². The normalized spacial score (nSPS) is 23.4. The van der Waals surface area contributed by atoms with Crippen LogP contribution >= 0.6 is 22.7 Å². The second-order valence-corrected chi connectivity index (χ2v) is 8.52. The summed E-state index contributed by atoms with van der Waals surface area (Å²) < 4.78 is 5.75. The minimum atomic E-state index is -0.133. The molecule has 0 N–H and O–H groups in total. The van der Waals surface area contributed by atoms with Crippen molar-refractivity contribution in [3.8, 4) is 0 Å². The van der Waals surface area contributed by atoms with E-state index in [-0.39, 0.29) is 23.8 Å². The summed E-state index contributed by atoms with van der Waals surface area (Å²) in [5.41, 5.74) is 2.15. The van der Waals surface area contributed by atoms with E-state index in [0.717, 1.165) is 9.75 Å². The standard InChI is InChI=1S/C17H19N3O3S2/c1-11-2-3-15(25-11)17(22)19-4-12-5-20(13(6-19)8-23-7-12)16(21)14-9-24-10-18-14/h2-3,9-10,12-13H,4-8H2,1H3/t12-,13-/m0/s1. The van der Waals surface area contributed by atoms with Gasteiger partial charge in [0.05, 0.1) is 29.6 Å². The van der Waals surface area contributed by atoms with Crippen LogP contribution in [0.4, 0.5) is 0 Å². The van der Waals surface area contributed by atoms with Gasteiger partial charge in [0, 0.05) is 35.8 Å². The number of amides is 2. The second-order valence-electron chi connectivity index (χ2n) is 6.51. The molecule has 4 rings (SSSR count). The van der Waals surface area contributed by atoms with Gasteiger partial charge < -0.3 is 14.5 Å². The fourth-order valence-corrected chi connectivity index (χ4v) is 4.79. The lowest BCUT2D eigenvalue weighted by molar-refractivity contribution is 0.0381. The maximum absolute atomic E-state index is 12.9. The third-order valence-corrected chi connectivity index (χ3v) is 6.19. The van der Waals surface area contributed by atoms with Gasteiger partial charge >= 0.3 is 0 Å². The Hall–Kier alpha value is -1.77. The lowest BCUT2D eigenvalue weighted by atomic mass is 10.1. The number of fused-ring (bicyclic) bond motifs is 3. The zero-order valence-electron chi connectivity index (χ0n) is 13.9. The number of ether oxygens (including phenoxy) is 1. The van der Waals surface area contributed by atoms with Crippen molar-refractivity contribution in [1.29, 1.82) is 0 Å². The molecule has 2 aromatic heterocycles. The molecule has 132 valence electrons. The van der Waals surface area contributed by atoms with Gasteiger partial charge in [-0.05, 0) is 19.1 Å². The van der Waals surface area contributed by atoms with Gasteiger partial charge in [-0.25, -0.2) is 4.98 Å². The van der Waals surface area contributed by atoms with Crippen molar-refractivity contribution < 1.29 is 14.3 Å². The van der Waals surface area contributed by atoms with Crippen LogP contribution in [0.25, 0.3) is 0 Å². The first-order valence-corrected chi connectivity index (χ1v) is 10.0. The molecule has 0 radical (unpaired) electrons. The molecule has 2 aromatic rings. The SMILES string of the molecule is Cc1ccc(C(=O)N2C[C@@H]3COC[C@H](C2)N(C(=O)c2cscn2)C3)s1. The Kier molecular flexibility index (Phi) is 4.58. The van der Waals surface area contributed by atoms with E-state index in [1.165, 1.54) is 22.7 Å². The van der Waals surface area contributed by atoms with E-state index in [1.54, 1.807) is 10.9 Å². The molecule has 8 heteroatoms. The van der Waals surface area contributed by atoms with Crippen molar-refractivity contribution in [2.45, 2.75) is 13.0 Å². The summed E-state index contributed by atoms with van der Waals surface area (Å²) in [6.07, 6.45) is 0. The van der Waals surface area contributed by atoms with Gasteiger partial charge in [0.1, 0.15) is 5.69 Å². The van der Waals surface area contributed by atoms with E-state index >= 15 is 0 Å². The van der Waals surface area contributed by atoms with Gasteiger partial charge in [-0.2, -0.15) is 0 Å². The molecule has 0 saturated carbocycles. The van der Waals surface area contributed by atoms with Crippen LogP contribution in [0.1, 0.15) is 25.0 Å². The van der Waals surface area contributed by atoms with E-state index in [9.17, 15) is 9.59 Å². The number of aromatic nitrogens is 1. The molecule has 2 saturated heterocycles. The van der Waals surface area contributed by atoms with Crippen molar-refractivity contribution in [3.05, 3.63) is 38.5 Å². The van der Waals surface area contributed by atoms with Gasteiger partial charge in [0.2, 0.25) is 0 Å². The highest BCUT2D eigenvalue weighted by Gasteiger charge is 2.38. The van der Waals surface area contributed by atoms with Crippen LogP contribution in [0.15, 0.2) is 23.0 Å². The zero-order valence-corrected chi connectivity index (χ0v) is 15.5. The number of thiazole rings is 1. The number of carbonyl (C=O) groups is 2. The molecule has 25 heavy (non-hydrogen) atoms. The number of aryl methyl sites for hydroxylation is 1. The van der Waals surface area contributed by atoms with Crippen LogP contribution in [0.5, 0.6) is 0 Å². The highest BCUT2D eigenvalue weighted by Crippen LogP contribution is 2.25. The van der Waals surface area contributed by atoms with Gasteiger partial charge in [-0.1, -0.05) is 0 Å². The van der Waals surface area contributed by atoms with Gasteiger partial charge in [-0.15, -0.1) is 22.7 Å². The minimum Gasteiger partial charge on any atom is -0.379 e. The maximum atomic E-state index is 12.9. The number of thiophene rings is 1. The van der Waals surface area contributed by atoms with Crippen LogP contribution in [-0.4, -0.2) is 65.5 Å². The number of hydrogen-bond acceptors (Lipinski definition) is 6. The van der Waals surface area contributed by atoms with E-state index in [1.807, 2.05) is 28.9 Å². The molecular weight excluding hydrogens is 358 g/mol. The summed E-state index contributed by atoms with van der Waals surface area (Å²) in [5, 5.41) is 1.77. The van der Waals surface area contributed by atoms with Crippen LogP contribution in [0.2, 0.25) is 0 Å². The lowest BCUT2D eigenvalue weighted by Crippen LogP contribution is -2.47. The smallest absolute Gasteiger partial charge is 0.273 e. The summed E-state index contributed by atoms with van der Waals surface area (Å²) in [6.45, 7) is 4.76. The maximum Gasteiger partial charge on any atom is 0.273 e. The molecule has 6 nitrogen and oxygen atoms in total. The largest absolute Gasteiger partial charge is 0.379 e. The van der Waals surface area contributed by atoms with Crippen LogP contribution < -0.4 is 0 Å². The van der Waals surface area contributed by atoms with E-state index in [2.05, 4.69) is 4.98 Å². The first kappa shape index (κ1) is 16.7. The number of rotatable bonds is 2. The predicted octanol–water partition coefficient (Wildman–Crippen LogP) is 2.13. The summed E-state index contributed by atoms with van der Waals surface area (Å²) in [6, 6.07) is 3.72. The van der Waals surface area contributed by atoms with Gasteiger partial charge in [0.15, 0.2) is 0 Å². The molecule has 0 aliphatic carbocycles. The van der Waals surface area contributed by atoms with Crippen molar-refractivity contribution in [2.75, 3.05) is 32.8 Å². The van der Waals surface area contributed by atoms with Crippen molar-refractivity contribution in [2.24, 2.45) is 5.92 Å². The molecule has 2 aliphatic rings. The zero-order chi connectivity index (χ0) is 17.4. The molecule has 2 bridgehead atoms. The molecule has 2 atom stereocenters. The Labute approximate surface area is 154 Å². The second kappa shape index (κ2) is 6.86. The van der Waals surface area contributed by atoms with E-state index in [4.69, 9.17) is 4.74 Å². The summed E-state index contributed by atoms with van der Waals surface area (Å²) in [4.78, 5) is 35.5. The third-order valence-electron chi connectivity index (χ3n) is 4.62. The van der Waals surface area contributed by atoms with Crippen LogP contribution in [0, 0.1) is 12.8 Å². The first-order valence-electron chi connectivity index (χ1n) is 8.24. The highest BCUT2D eigenvalue weighted by molar-refractivity contribution is 7.13. The summed E-state index contributed by atoms with van der Waals surface area (Å²) in [5.74, 6) is 0.112. The number of carbonyl (C=O) groups excluding carboxylic acids is 2. The monoisotopic (exact) mass is 377 g/mol. The Morgan fingerprint density at radius 2 is 2.08 bits per heavy atom. The Morgan fingerprint density at radius 3 is 2.80 bits per heavy atom. The van der Waals surface area contributed by atoms with Gasteiger partial charge in [0.25, 0.3) is 11.8 Å². The molecule has 0 aromatic carbocycles. The first-order chi connectivity index (χ1) is 12.1. The van der Waals surface area contributed by atoms with Crippen molar-refractivity contribution in [1.82, 2.24) is 14.8 Å². The Morgan fingerprint density at radius 1 is 1.20 bits per heavy atom. The molecule has 4 heterocycles. The van der Waals surface area contributed by atoms with E-state index in [0.29, 0.717) is 38.5 Å². The van der Waals surface area contributed by atoms with Crippen LogP contribution in [0.3, 0.4) is 0 Å². The number of nitrogens with zero attached hydrogens (tertiary/aromatic N) is 3. The quantitative estimate of drug-likeness (QED) is 0.804. The third kappa shape index (κ3) is 3.33. The summed E-state index contributed by atoms with van der Waals surface area (Å²) in [7, 11) is 0. The lowest BCUT2D eigenvalue weighted by Gasteiger charge is -2.30. The molecule has 2 amide bonds. The van der Waals surface area contributed by atoms with Gasteiger partial charge in [-0.3, -0.25) is 9.59 Å². The van der Waals surface area contributed by atoms with E-state index < -0.39 is 0 Å². The molecule has 0 spiro atoms. The Bertz CT molecular complexity index is 774.